The Morgan fingerprint density at radius 2 is 1.73 bits per heavy atom. The van der Waals surface area contributed by atoms with E-state index in [1.54, 1.807) is 6.92 Å². The Hall–Kier alpha value is -0.120. The maximum Gasteiger partial charge on any atom is 0.0972 e. The first kappa shape index (κ1) is 12.9. The molecule has 3 heteroatoms. The summed E-state index contributed by atoms with van der Waals surface area (Å²) in [7, 11) is 0. The van der Waals surface area contributed by atoms with Crippen LogP contribution in [0, 0.1) is 11.8 Å². The van der Waals surface area contributed by atoms with Gasteiger partial charge in [-0.05, 0) is 38.0 Å². The maximum absolute atomic E-state index is 9.67. The van der Waals surface area contributed by atoms with Gasteiger partial charge in [0.25, 0.3) is 0 Å². The van der Waals surface area contributed by atoms with Crippen LogP contribution in [-0.4, -0.2) is 35.0 Å². The van der Waals surface area contributed by atoms with Crippen molar-refractivity contribution in [2.45, 2.75) is 51.7 Å². The molecule has 3 atom stereocenters. The van der Waals surface area contributed by atoms with E-state index < -0.39 is 5.60 Å². The summed E-state index contributed by atoms with van der Waals surface area (Å²) in [5, 5.41) is 22.0. The van der Waals surface area contributed by atoms with Crippen LogP contribution in [0.1, 0.15) is 40.0 Å². The molecule has 3 N–H and O–H groups in total. The summed E-state index contributed by atoms with van der Waals surface area (Å²) in [6, 6.07) is 0.502. The van der Waals surface area contributed by atoms with Crippen molar-refractivity contribution in [1.82, 2.24) is 5.32 Å². The summed E-state index contributed by atoms with van der Waals surface area (Å²) in [5.41, 5.74) is -0.982. The van der Waals surface area contributed by atoms with E-state index in [9.17, 15) is 5.11 Å². The molecule has 0 aromatic rings. The van der Waals surface area contributed by atoms with Crippen molar-refractivity contribution in [3.8, 4) is 0 Å². The van der Waals surface area contributed by atoms with E-state index in [1.165, 1.54) is 19.3 Å². The summed E-state index contributed by atoms with van der Waals surface area (Å²) in [6.45, 7) is 6.53. The standard InChI is InChI=1S/C12H25NO2/c1-9-4-10(2)6-11(5-9)13-7-12(3,15)8-14/h9-11,13-15H,4-8H2,1-3H3. The van der Waals surface area contributed by atoms with Crippen LogP contribution >= 0.6 is 0 Å². The Balaban J connectivity index is 2.32. The van der Waals surface area contributed by atoms with E-state index in [1.807, 2.05) is 0 Å². The first-order valence-electron chi connectivity index (χ1n) is 5.99. The highest BCUT2D eigenvalue weighted by Crippen LogP contribution is 2.28. The van der Waals surface area contributed by atoms with E-state index >= 15 is 0 Å². The van der Waals surface area contributed by atoms with Crippen molar-refractivity contribution in [3.05, 3.63) is 0 Å². The molecule has 0 aliphatic heterocycles. The van der Waals surface area contributed by atoms with Crippen LogP contribution in [0.15, 0.2) is 0 Å². The second-order valence-electron chi connectivity index (χ2n) is 5.65. The highest BCUT2D eigenvalue weighted by Gasteiger charge is 2.26. The number of rotatable bonds is 4. The van der Waals surface area contributed by atoms with Crippen LogP contribution in [0.25, 0.3) is 0 Å². The molecule has 3 nitrogen and oxygen atoms in total. The van der Waals surface area contributed by atoms with Crippen LogP contribution in [-0.2, 0) is 0 Å². The van der Waals surface area contributed by atoms with Gasteiger partial charge in [0.05, 0.1) is 12.2 Å². The van der Waals surface area contributed by atoms with Gasteiger partial charge >= 0.3 is 0 Å². The third-order valence-electron chi connectivity index (χ3n) is 3.29. The van der Waals surface area contributed by atoms with Gasteiger partial charge in [0.15, 0.2) is 0 Å². The normalized spacial score (nSPS) is 36.2. The van der Waals surface area contributed by atoms with Crippen molar-refractivity contribution in [2.24, 2.45) is 11.8 Å². The van der Waals surface area contributed by atoms with Gasteiger partial charge in [-0.1, -0.05) is 13.8 Å². The van der Waals surface area contributed by atoms with Crippen LogP contribution in [0.3, 0.4) is 0 Å². The number of aliphatic hydroxyl groups excluding tert-OH is 1. The molecule has 15 heavy (non-hydrogen) atoms. The molecule has 0 spiro atoms. The van der Waals surface area contributed by atoms with Crippen molar-refractivity contribution < 1.29 is 10.2 Å². The van der Waals surface area contributed by atoms with E-state index in [-0.39, 0.29) is 6.61 Å². The molecule has 1 rings (SSSR count). The third-order valence-corrected chi connectivity index (χ3v) is 3.29. The Kier molecular flexibility index (Phi) is 4.56. The average Bonchev–Trinajstić information content (AvgIpc) is 2.14. The molecule has 0 heterocycles. The fourth-order valence-electron chi connectivity index (χ4n) is 2.53. The number of hydrogen-bond acceptors (Lipinski definition) is 3. The van der Waals surface area contributed by atoms with E-state index in [0.29, 0.717) is 12.6 Å². The van der Waals surface area contributed by atoms with Crippen LogP contribution in [0.4, 0.5) is 0 Å². The molecular formula is C12H25NO2. The monoisotopic (exact) mass is 215 g/mol. The number of nitrogens with one attached hydrogen (secondary N) is 1. The Bertz CT molecular complexity index is 184. The lowest BCUT2D eigenvalue weighted by molar-refractivity contribution is -0.00129. The molecule has 0 radical (unpaired) electrons. The van der Waals surface area contributed by atoms with Gasteiger partial charge in [-0.15, -0.1) is 0 Å². The summed E-state index contributed by atoms with van der Waals surface area (Å²) in [4.78, 5) is 0. The van der Waals surface area contributed by atoms with Gasteiger partial charge in [-0.3, -0.25) is 0 Å². The molecule has 0 aromatic carbocycles. The molecule has 1 fully saturated rings. The molecule has 0 saturated heterocycles. The highest BCUT2D eigenvalue weighted by atomic mass is 16.3. The van der Waals surface area contributed by atoms with Gasteiger partial charge in [0, 0.05) is 12.6 Å². The molecule has 0 aromatic heterocycles. The number of hydrogen-bond donors (Lipinski definition) is 3. The summed E-state index contributed by atoms with van der Waals surface area (Å²) < 4.78 is 0. The van der Waals surface area contributed by atoms with Gasteiger partial charge in [-0.25, -0.2) is 0 Å². The first-order chi connectivity index (χ1) is 6.93. The summed E-state index contributed by atoms with van der Waals surface area (Å²) in [5.74, 6) is 1.54. The fraction of sp³-hybridized carbons (Fsp3) is 1.00. The smallest absolute Gasteiger partial charge is 0.0972 e. The molecule has 0 bridgehead atoms. The van der Waals surface area contributed by atoms with Crippen LogP contribution in [0.5, 0.6) is 0 Å². The molecule has 1 aliphatic rings. The topological polar surface area (TPSA) is 52.5 Å². The SMILES string of the molecule is CC1CC(C)CC(NCC(C)(O)CO)C1. The minimum Gasteiger partial charge on any atom is -0.393 e. The minimum absolute atomic E-state index is 0.183. The van der Waals surface area contributed by atoms with Gasteiger partial charge in [0.2, 0.25) is 0 Å². The van der Waals surface area contributed by atoms with Gasteiger partial charge in [0.1, 0.15) is 0 Å². The number of aliphatic hydroxyl groups is 2. The zero-order valence-electron chi connectivity index (χ0n) is 10.2. The predicted molar refractivity (Wildman–Crippen MR) is 61.7 cm³/mol. The lowest BCUT2D eigenvalue weighted by atomic mass is 9.80. The molecular weight excluding hydrogens is 190 g/mol. The van der Waals surface area contributed by atoms with Crippen molar-refractivity contribution in [1.29, 1.82) is 0 Å². The molecule has 1 aliphatic carbocycles. The second-order valence-corrected chi connectivity index (χ2v) is 5.65. The summed E-state index contributed by atoms with van der Waals surface area (Å²) in [6.07, 6.45) is 3.69. The third kappa shape index (κ3) is 4.49. The zero-order chi connectivity index (χ0) is 11.5. The average molecular weight is 215 g/mol. The molecule has 3 unspecified atom stereocenters. The summed E-state index contributed by atoms with van der Waals surface area (Å²) >= 11 is 0. The lowest BCUT2D eigenvalue weighted by Crippen LogP contribution is -2.46. The van der Waals surface area contributed by atoms with E-state index in [0.717, 1.165) is 11.8 Å². The van der Waals surface area contributed by atoms with Gasteiger partial charge in [-0.2, -0.15) is 0 Å². The molecule has 90 valence electrons. The van der Waals surface area contributed by atoms with Crippen molar-refractivity contribution in [2.75, 3.05) is 13.2 Å². The Labute approximate surface area is 92.9 Å². The van der Waals surface area contributed by atoms with Gasteiger partial charge < -0.3 is 15.5 Å². The quantitative estimate of drug-likeness (QED) is 0.659. The predicted octanol–water partition coefficient (Wildman–Crippen LogP) is 1.14. The Morgan fingerprint density at radius 3 is 2.20 bits per heavy atom. The van der Waals surface area contributed by atoms with Crippen molar-refractivity contribution in [3.63, 3.8) is 0 Å². The zero-order valence-corrected chi connectivity index (χ0v) is 10.2. The first-order valence-corrected chi connectivity index (χ1v) is 5.99. The van der Waals surface area contributed by atoms with Crippen LogP contribution in [0.2, 0.25) is 0 Å². The second kappa shape index (κ2) is 5.28. The van der Waals surface area contributed by atoms with E-state index in [2.05, 4.69) is 19.2 Å². The van der Waals surface area contributed by atoms with Crippen molar-refractivity contribution >= 4 is 0 Å². The maximum atomic E-state index is 9.67. The highest BCUT2D eigenvalue weighted by molar-refractivity contribution is 4.83. The minimum atomic E-state index is -0.982. The molecule has 1 saturated carbocycles. The van der Waals surface area contributed by atoms with E-state index in [4.69, 9.17) is 5.11 Å². The van der Waals surface area contributed by atoms with Crippen LogP contribution < -0.4 is 5.32 Å². The largest absolute Gasteiger partial charge is 0.393 e. The lowest BCUT2D eigenvalue weighted by Gasteiger charge is -2.34. The molecule has 0 amide bonds. The Morgan fingerprint density at radius 1 is 1.20 bits per heavy atom. The fourth-order valence-corrected chi connectivity index (χ4v) is 2.53.